The van der Waals surface area contributed by atoms with Crippen molar-refractivity contribution in [3.63, 3.8) is 0 Å². The van der Waals surface area contributed by atoms with Crippen LogP contribution < -0.4 is 0 Å². The fourth-order valence-corrected chi connectivity index (χ4v) is 5.09. The molecule has 1 aliphatic carbocycles. The third kappa shape index (κ3) is 2.36. The molecule has 0 N–H and O–H groups in total. The number of fused-ring (bicyclic) bond motifs is 1. The number of carbonyl (C=O) groups excluding carboxylic acids is 2. The largest absolute Gasteiger partial charge is 0.338 e. The second-order valence-corrected chi connectivity index (χ2v) is 7.09. The van der Waals surface area contributed by atoms with Gasteiger partial charge in [0.05, 0.1) is 30.7 Å². The molecule has 112 valence electrons. The van der Waals surface area contributed by atoms with E-state index in [0.29, 0.717) is 6.42 Å². The van der Waals surface area contributed by atoms with E-state index in [1.165, 1.54) is 7.05 Å². The van der Waals surface area contributed by atoms with Crippen molar-refractivity contribution in [2.24, 2.45) is 11.8 Å². The highest BCUT2D eigenvalue weighted by Gasteiger charge is 2.55. The maximum absolute atomic E-state index is 12.9. The maximum atomic E-state index is 12.9. The Balaban J connectivity index is 2.37. The first kappa shape index (κ1) is 15.4. The topological polar surface area (TPSA) is 72.9 Å². The first-order chi connectivity index (χ1) is 9.46. The molecule has 7 heteroatoms. The number of likely N-dealkylation sites (tertiary alicyclic amines) is 1. The molecular formula is C13H20NO5P. The minimum Gasteiger partial charge on any atom is -0.308 e. The molecule has 0 radical (unpaired) electrons. The molecule has 20 heavy (non-hydrogen) atoms. The van der Waals surface area contributed by atoms with E-state index in [0.717, 1.165) is 4.90 Å². The van der Waals surface area contributed by atoms with Crippen LogP contribution in [0.5, 0.6) is 0 Å². The third-order valence-corrected chi connectivity index (χ3v) is 6.23. The molecule has 6 nitrogen and oxygen atoms in total. The number of imide groups is 1. The molecule has 1 heterocycles. The average molecular weight is 301 g/mol. The Hall–Kier alpha value is -0.970. The van der Waals surface area contributed by atoms with E-state index in [1.54, 1.807) is 26.0 Å². The van der Waals surface area contributed by atoms with Gasteiger partial charge in [-0.1, -0.05) is 12.2 Å². The SMILES string of the molecule is CCOP(=O)(OCC)[C@@H]1C=CC[C@@H]2C(=O)N(C)C(=O)[C@@H]21. The summed E-state index contributed by atoms with van der Waals surface area (Å²) >= 11 is 0. The predicted molar refractivity (Wildman–Crippen MR) is 73.2 cm³/mol. The smallest absolute Gasteiger partial charge is 0.308 e. The summed E-state index contributed by atoms with van der Waals surface area (Å²) in [5.74, 6) is -1.60. The first-order valence-electron chi connectivity index (χ1n) is 6.83. The van der Waals surface area contributed by atoms with Crippen molar-refractivity contribution in [1.82, 2.24) is 4.90 Å². The van der Waals surface area contributed by atoms with Crippen LogP contribution in [0.15, 0.2) is 12.2 Å². The lowest BCUT2D eigenvalue weighted by atomic mass is 9.85. The van der Waals surface area contributed by atoms with Crippen LogP contribution in [0.4, 0.5) is 0 Å². The van der Waals surface area contributed by atoms with Gasteiger partial charge in [-0.15, -0.1) is 0 Å². The van der Waals surface area contributed by atoms with Crippen LogP contribution in [0.1, 0.15) is 20.3 Å². The number of carbonyl (C=O) groups is 2. The molecule has 0 aromatic rings. The standard InChI is InChI=1S/C13H20NO5P/c1-4-18-20(17,19-5-2)10-8-6-7-9-11(10)13(16)14(3)12(9)15/h6,8-11H,4-5,7H2,1-3H3/t9-,10+,11-/m0/s1. The summed E-state index contributed by atoms with van der Waals surface area (Å²) < 4.78 is 23.6. The van der Waals surface area contributed by atoms with Gasteiger partial charge in [-0.05, 0) is 20.3 Å². The number of nitrogens with zero attached hydrogens (tertiary/aromatic N) is 1. The lowest BCUT2D eigenvalue weighted by Crippen LogP contribution is -2.33. The summed E-state index contributed by atoms with van der Waals surface area (Å²) in [5, 5.41) is 0. The van der Waals surface area contributed by atoms with E-state index >= 15 is 0 Å². The summed E-state index contributed by atoms with van der Waals surface area (Å²) in [6.07, 6.45) is 3.99. The summed E-state index contributed by atoms with van der Waals surface area (Å²) in [6, 6.07) is 0. The summed E-state index contributed by atoms with van der Waals surface area (Å²) in [6.45, 7) is 3.92. The van der Waals surface area contributed by atoms with Crippen molar-refractivity contribution in [3.05, 3.63) is 12.2 Å². The van der Waals surface area contributed by atoms with Crippen molar-refractivity contribution < 1.29 is 23.2 Å². The van der Waals surface area contributed by atoms with Crippen molar-refractivity contribution in [2.45, 2.75) is 25.9 Å². The Morgan fingerprint density at radius 2 is 1.85 bits per heavy atom. The Bertz CT molecular complexity index is 479. The van der Waals surface area contributed by atoms with Gasteiger partial charge in [-0.25, -0.2) is 0 Å². The third-order valence-electron chi connectivity index (χ3n) is 3.77. The van der Waals surface area contributed by atoms with Gasteiger partial charge in [0.15, 0.2) is 0 Å². The quantitative estimate of drug-likeness (QED) is 0.440. The molecule has 0 unspecified atom stereocenters. The van der Waals surface area contributed by atoms with Gasteiger partial charge in [0.2, 0.25) is 11.8 Å². The van der Waals surface area contributed by atoms with Gasteiger partial charge in [-0.2, -0.15) is 0 Å². The minimum absolute atomic E-state index is 0.214. The average Bonchev–Trinajstić information content (AvgIpc) is 2.64. The second kappa shape index (κ2) is 5.80. The highest BCUT2D eigenvalue weighted by Crippen LogP contribution is 2.59. The summed E-state index contributed by atoms with van der Waals surface area (Å²) in [7, 11) is -1.98. The molecule has 1 saturated heterocycles. The number of allylic oxidation sites excluding steroid dienone is 2. The number of rotatable bonds is 5. The molecule has 0 aromatic heterocycles. The lowest BCUT2D eigenvalue weighted by molar-refractivity contribution is -0.138. The predicted octanol–water partition coefficient (Wildman–Crippen LogP) is 1.81. The zero-order valence-corrected chi connectivity index (χ0v) is 12.8. The van der Waals surface area contributed by atoms with Gasteiger partial charge in [0, 0.05) is 7.05 Å². The molecule has 0 saturated carbocycles. The van der Waals surface area contributed by atoms with Crippen LogP contribution in [0.25, 0.3) is 0 Å². The van der Waals surface area contributed by atoms with E-state index in [4.69, 9.17) is 9.05 Å². The van der Waals surface area contributed by atoms with E-state index in [-0.39, 0.29) is 25.0 Å². The molecule has 0 spiro atoms. The van der Waals surface area contributed by atoms with Gasteiger partial charge in [0.25, 0.3) is 0 Å². The normalized spacial score (nSPS) is 29.9. The fourth-order valence-electron chi connectivity index (χ4n) is 2.89. The monoisotopic (exact) mass is 301 g/mol. The molecule has 2 aliphatic rings. The van der Waals surface area contributed by atoms with E-state index in [2.05, 4.69) is 0 Å². The van der Waals surface area contributed by atoms with Gasteiger partial charge in [0.1, 0.15) is 0 Å². The van der Waals surface area contributed by atoms with Crippen LogP contribution in [0.3, 0.4) is 0 Å². The van der Waals surface area contributed by atoms with Crippen molar-refractivity contribution in [1.29, 1.82) is 0 Å². The Labute approximate surface area is 118 Å². The van der Waals surface area contributed by atoms with Crippen LogP contribution in [0, 0.1) is 11.8 Å². The van der Waals surface area contributed by atoms with E-state index < -0.39 is 25.1 Å². The van der Waals surface area contributed by atoms with Gasteiger partial charge in [-0.3, -0.25) is 19.1 Å². The van der Waals surface area contributed by atoms with Crippen molar-refractivity contribution in [3.8, 4) is 0 Å². The highest BCUT2D eigenvalue weighted by atomic mass is 31.2. The Morgan fingerprint density at radius 3 is 2.40 bits per heavy atom. The van der Waals surface area contributed by atoms with Gasteiger partial charge >= 0.3 is 7.60 Å². The molecule has 2 rings (SSSR count). The van der Waals surface area contributed by atoms with Crippen LogP contribution in [-0.2, 0) is 23.2 Å². The lowest BCUT2D eigenvalue weighted by Gasteiger charge is -2.31. The minimum atomic E-state index is -3.44. The van der Waals surface area contributed by atoms with E-state index in [1.807, 2.05) is 0 Å². The number of amides is 2. The molecule has 1 fully saturated rings. The zero-order chi connectivity index (χ0) is 14.9. The Kier molecular flexibility index (Phi) is 4.47. The van der Waals surface area contributed by atoms with Crippen LogP contribution >= 0.6 is 7.60 Å². The molecule has 2 amide bonds. The number of hydrogen-bond donors (Lipinski definition) is 0. The summed E-state index contributed by atoms with van der Waals surface area (Å²) in [5.41, 5.74) is -0.678. The zero-order valence-electron chi connectivity index (χ0n) is 11.9. The Morgan fingerprint density at radius 1 is 1.25 bits per heavy atom. The van der Waals surface area contributed by atoms with E-state index in [9.17, 15) is 14.2 Å². The second-order valence-electron chi connectivity index (χ2n) is 4.90. The molecule has 0 aromatic carbocycles. The highest BCUT2D eigenvalue weighted by molar-refractivity contribution is 7.55. The first-order valence-corrected chi connectivity index (χ1v) is 8.44. The molecular weight excluding hydrogens is 281 g/mol. The maximum Gasteiger partial charge on any atom is 0.338 e. The molecule has 3 atom stereocenters. The van der Waals surface area contributed by atoms with Crippen LogP contribution in [0.2, 0.25) is 0 Å². The van der Waals surface area contributed by atoms with Crippen molar-refractivity contribution in [2.75, 3.05) is 20.3 Å². The van der Waals surface area contributed by atoms with Crippen LogP contribution in [-0.4, -0.2) is 42.6 Å². The molecule has 1 aliphatic heterocycles. The number of hydrogen-bond acceptors (Lipinski definition) is 5. The molecule has 0 bridgehead atoms. The summed E-state index contributed by atoms with van der Waals surface area (Å²) in [4.78, 5) is 25.4. The van der Waals surface area contributed by atoms with Crippen molar-refractivity contribution >= 4 is 19.4 Å². The fraction of sp³-hybridized carbons (Fsp3) is 0.692. The van der Waals surface area contributed by atoms with Gasteiger partial charge < -0.3 is 9.05 Å².